The van der Waals surface area contributed by atoms with Gasteiger partial charge in [0.15, 0.2) is 0 Å². The van der Waals surface area contributed by atoms with Crippen LogP contribution < -0.4 is 0 Å². The Hall–Kier alpha value is -1.39. The van der Waals surface area contributed by atoms with Gasteiger partial charge >= 0.3 is 0 Å². The molecule has 0 radical (unpaired) electrons. The van der Waals surface area contributed by atoms with Crippen LogP contribution in [0.25, 0.3) is 0 Å². The van der Waals surface area contributed by atoms with Crippen LogP contribution >= 0.6 is 0 Å². The summed E-state index contributed by atoms with van der Waals surface area (Å²) >= 11 is 0. The van der Waals surface area contributed by atoms with Gasteiger partial charge in [0.05, 0.1) is 12.7 Å². The molecule has 1 N–H and O–H groups in total. The summed E-state index contributed by atoms with van der Waals surface area (Å²) in [5, 5.41) is 11.1. The molecule has 0 aliphatic heterocycles. The van der Waals surface area contributed by atoms with E-state index < -0.39 is 6.10 Å². The number of nitrogens with zero attached hydrogens (tertiary/aromatic N) is 2. The van der Waals surface area contributed by atoms with E-state index in [1.54, 1.807) is 6.20 Å². The van der Waals surface area contributed by atoms with E-state index in [1.165, 1.54) is 32.1 Å². The number of oxazole rings is 1. The SMILES string of the molecule is CN(C)Cc1cnc([C@H](O)C2(C3CCCCC3)C=CC=CC2)o1. The quantitative estimate of drug-likeness (QED) is 0.896. The molecule has 0 bridgehead atoms. The van der Waals surface area contributed by atoms with E-state index in [0.717, 1.165) is 12.2 Å². The Labute approximate surface area is 138 Å². The van der Waals surface area contributed by atoms with E-state index in [0.29, 0.717) is 18.4 Å². The van der Waals surface area contributed by atoms with Gasteiger partial charge in [0, 0.05) is 5.41 Å². The highest BCUT2D eigenvalue weighted by molar-refractivity contribution is 5.22. The summed E-state index contributed by atoms with van der Waals surface area (Å²) in [7, 11) is 3.99. The van der Waals surface area contributed by atoms with Crippen molar-refractivity contribution in [1.82, 2.24) is 9.88 Å². The predicted octanol–water partition coefficient (Wildman–Crippen LogP) is 3.85. The molecule has 0 amide bonds. The van der Waals surface area contributed by atoms with Crippen molar-refractivity contribution in [2.45, 2.75) is 51.2 Å². The third-order valence-corrected chi connectivity index (χ3v) is 5.28. The Balaban J connectivity index is 1.85. The Morgan fingerprint density at radius 3 is 2.74 bits per heavy atom. The van der Waals surface area contributed by atoms with E-state index >= 15 is 0 Å². The highest BCUT2D eigenvalue weighted by Gasteiger charge is 2.45. The number of rotatable bonds is 5. The van der Waals surface area contributed by atoms with E-state index in [2.05, 4.69) is 29.3 Å². The second-order valence-electron chi connectivity index (χ2n) is 7.24. The first kappa shape index (κ1) is 16.5. The first-order valence-corrected chi connectivity index (χ1v) is 8.73. The Kier molecular flexibility index (Phi) is 5.02. The normalized spacial score (nSPS) is 26.8. The lowest BCUT2D eigenvalue weighted by atomic mass is 9.62. The van der Waals surface area contributed by atoms with Gasteiger partial charge in [0.1, 0.15) is 11.9 Å². The van der Waals surface area contributed by atoms with Gasteiger partial charge < -0.3 is 14.4 Å². The van der Waals surface area contributed by atoms with Crippen LogP contribution in [0.1, 0.15) is 56.3 Å². The maximum atomic E-state index is 11.1. The van der Waals surface area contributed by atoms with Crippen LogP contribution in [0.2, 0.25) is 0 Å². The number of allylic oxidation sites excluding steroid dienone is 3. The second-order valence-corrected chi connectivity index (χ2v) is 7.24. The molecule has 0 aromatic carbocycles. The fourth-order valence-electron chi connectivity index (χ4n) is 4.09. The fourth-order valence-corrected chi connectivity index (χ4v) is 4.09. The number of aliphatic hydroxyl groups excluding tert-OH is 1. The Bertz CT molecular complexity index is 570. The summed E-state index contributed by atoms with van der Waals surface area (Å²) in [6.07, 6.45) is 16.6. The summed E-state index contributed by atoms with van der Waals surface area (Å²) < 4.78 is 5.86. The van der Waals surface area contributed by atoms with Crippen molar-refractivity contribution in [1.29, 1.82) is 0 Å². The average Bonchev–Trinajstić information content (AvgIpc) is 3.03. The van der Waals surface area contributed by atoms with E-state index in [9.17, 15) is 5.11 Å². The molecule has 126 valence electrons. The average molecular weight is 316 g/mol. The van der Waals surface area contributed by atoms with Crippen LogP contribution in [0, 0.1) is 11.3 Å². The Morgan fingerprint density at radius 1 is 1.30 bits per heavy atom. The molecule has 1 fully saturated rings. The zero-order valence-electron chi connectivity index (χ0n) is 14.2. The van der Waals surface area contributed by atoms with Crippen LogP contribution in [0.4, 0.5) is 0 Å². The zero-order valence-corrected chi connectivity index (χ0v) is 14.2. The van der Waals surface area contributed by atoms with Gasteiger partial charge in [-0.15, -0.1) is 0 Å². The standard InChI is InChI=1S/C19H28N2O2/c1-21(2)14-16-13-20-18(23-16)17(22)19(11-7-4-8-12-19)15-9-5-3-6-10-15/h4,7-8,11,13,15,17,22H,3,5-6,9-10,12,14H2,1-2H3/t17-,19?/m0/s1. The summed E-state index contributed by atoms with van der Waals surface area (Å²) in [5.41, 5.74) is -0.268. The molecule has 1 aromatic heterocycles. The highest BCUT2D eigenvalue weighted by Crippen LogP contribution is 2.51. The minimum absolute atomic E-state index is 0.268. The third-order valence-electron chi connectivity index (χ3n) is 5.28. The van der Waals surface area contributed by atoms with Crippen LogP contribution in [-0.4, -0.2) is 29.1 Å². The molecule has 2 aliphatic carbocycles. The monoisotopic (exact) mass is 316 g/mol. The van der Waals surface area contributed by atoms with Crippen LogP contribution in [0.5, 0.6) is 0 Å². The van der Waals surface area contributed by atoms with Gasteiger partial charge in [-0.2, -0.15) is 0 Å². The van der Waals surface area contributed by atoms with Gasteiger partial charge in [-0.05, 0) is 39.3 Å². The molecule has 0 saturated heterocycles. The van der Waals surface area contributed by atoms with Crippen molar-refractivity contribution in [3.05, 3.63) is 42.2 Å². The lowest BCUT2D eigenvalue weighted by Gasteiger charge is -2.43. The van der Waals surface area contributed by atoms with Crippen LogP contribution in [0.3, 0.4) is 0 Å². The minimum Gasteiger partial charge on any atom is -0.441 e. The first-order chi connectivity index (χ1) is 11.1. The summed E-state index contributed by atoms with van der Waals surface area (Å²) in [6, 6.07) is 0. The number of aliphatic hydroxyl groups is 1. The predicted molar refractivity (Wildman–Crippen MR) is 90.8 cm³/mol. The largest absolute Gasteiger partial charge is 0.441 e. The van der Waals surface area contributed by atoms with E-state index in [4.69, 9.17) is 4.42 Å². The van der Waals surface area contributed by atoms with Crippen molar-refractivity contribution < 1.29 is 9.52 Å². The molecule has 1 unspecified atom stereocenters. The molecule has 4 heteroatoms. The van der Waals surface area contributed by atoms with Crippen LogP contribution in [-0.2, 0) is 6.54 Å². The first-order valence-electron chi connectivity index (χ1n) is 8.73. The molecule has 1 saturated carbocycles. The summed E-state index contributed by atoms with van der Waals surface area (Å²) in [4.78, 5) is 6.42. The van der Waals surface area contributed by atoms with Crippen LogP contribution in [0.15, 0.2) is 34.9 Å². The van der Waals surface area contributed by atoms with Crippen molar-refractivity contribution in [3.63, 3.8) is 0 Å². The van der Waals surface area contributed by atoms with Crippen molar-refractivity contribution in [2.75, 3.05) is 14.1 Å². The smallest absolute Gasteiger partial charge is 0.224 e. The van der Waals surface area contributed by atoms with E-state index in [1.807, 2.05) is 19.0 Å². The lowest BCUT2D eigenvalue weighted by Crippen LogP contribution is -2.37. The molecular formula is C19H28N2O2. The zero-order chi connectivity index (χ0) is 16.3. The van der Waals surface area contributed by atoms with Gasteiger partial charge in [-0.1, -0.05) is 43.6 Å². The molecular weight excluding hydrogens is 288 g/mol. The van der Waals surface area contributed by atoms with Gasteiger partial charge in [-0.25, -0.2) is 4.98 Å². The summed E-state index contributed by atoms with van der Waals surface area (Å²) in [5.74, 6) is 1.77. The Morgan fingerprint density at radius 2 is 2.09 bits per heavy atom. The highest BCUT2D eigenvalue weighted by atomic mass is 16.4. The lowest BCUT2D eigenvalue weighted by molar-refractivity contribution is -0.0162. The summed E-state index contributed by atoms with van der Waals surface area (Å²) in [6.45, 7) is 0.700. The molecule has 0 spiro atoms. The van der Waals surface area contributed by atoms with Crippen molar-refractivity contribution >= 4 is 0 Å². The molecule has 1 aromatic rings. The number of aromatic nitrogens is 1. The van der Waals surface area contributed by atoms with Crippen molar-refractivity contribution in [2.24, 2.45) is 11.3 Å². The maximum Gasteiger partial charge on any atom is 0.224 e. The van der Waals surface area contributed by atoms with Gasteiger partial charge in [0.2, 0.25) is 5.89 Å². The fraction of sp³-hybridized carbons (Fsp3) is 0.632. The van der Waals surface area contributed by atoms with Crippen molar-refractivity contribution in [3.8, 4) is 0 Å². The third kappa shape index (κ3) is 3.43. The second kappa shape index (κ2) is 7.02. The molecule has 2 aliphatic rings. The van der Waals surface area contributed by atoms with E-state index in [-0.39, 0.29) is 5.41 Å². The molecule has 3 rings (SSSR count). The molecule has 1 heterocycles. The topological polar surface area (TPSA) is 49.5 Å². The molecule has 2 atom stereocenters. The number of hydrogen-bond donors (Lipinski definition) is 1. The van der Waals surface area contributed by atoms with Gasteiger partial charge in [0.25, 0.3) is 0 Å². The number of hydrogen-bond acceptors (Lipinski definition) is 4. The molecule has 23 heavy (non-hydrogen) atoms. The van der Waals surface area contributed by atoms with Gasteiger partial charge in [-0.3, -0.25) is 0 Å². The minimum atomic E-state index is -0.678. The molecule has 4 nitrogen and oxygen atoms in total. The maximum absolute atomic E-state index is 11.1.